The molecule has 0 aliphatic heterocycles. The molecular formula is C16H27ClN2S. The van der Waals surface area contributed by atoms with Crippen molar-refractivity contribution in [2.45, 2.75) is 38.6 Å². The van der Waals surface area contributed by atoms with Crippen LogP contribution in [0.3, 0.4) is 0 Å². The van der Waals surface area contributed by atoms with Gasteiger partial charge in [0.2, 0.25) is 0 Å². The number of hydrogen-bond donors (Lipinski definition) is 1. The molecule has 0 unspecified atom stereocenters. The van der Waals surface area contributed by atoms with Gasteiger partial charge in [-0.3, -0.25) is 0 Å². The molecule has 2 nitrogen and oxygen atoms in total. The minimum atomic E-state index is 0.825. The first-order valence-corrected chi connectivity index (χ1v) is 8.91. The Kier molecular flexibility index (Phi) is 9.36. The molecule has 0 radical (unpaired) electrons. The van der Waals surface area contributed by atoms with Gasteiger partial charge < -0.3 is 10.2 Å². The third kappa shape index (κ3) is 6.49. The van der Waals surface area contributed by atoms with Crippen LogP contribution in [0.5, 0.6) is 0 Å². The number of hydrogen-bond acceptors (Lipinski definition) is 3. The van der Waals surface area contributed by atoms with E-state index in [9.17, 15) is 0 Å². The molecule has 0 heterocycles. The minimum absolute atomic E-state index is 0.825. The molecular weight excluding hydrogens is 288 g/mol. The molecule has 0 amide bonds. The molecule has 0 bridgehead atoms. The lowest BCUT2D eigenvalue weighted by Crippen LogP contribution is -2.25. The number of rotatable bonds is 10. The smallest absolute Gasteiger partial charge is 0.0410 e. The van der Waals surface area contributed by atoms with Crippen molar-refractivity contribution in [3.05, 3.63) is 28.8 Å². The number of thioether (sulfide) groups is 1. The van der Waals surface area contributed by atoms with E-state index in [1.54, 1.807) is 0 Å². The second kappa shape index (κ2) is 10.5. The maximum absolute atomic E-state index is 6.11. The van der Waals surface area contributed by atoms with Crippen molar-refractivity contribution in [3.63, 3.8) is 0 Å². The third-order valence-electron chi connectivity index (χ3n) is 3.32. The summed E-state index contributed by atoms with van der Waals surface area (Å²) >= 11 is 8.05. The Bertz CT molecular complexity index is 381. The van der Waals surface area contributed by atoms with Gasteiger partial charge in [0.05, 0.1) is 0 Å². The Morgan fingerprint density at radius 1 is 1.20 bits per heavy atom. The van der Waals surface area contributed by atoms with E-state index in [0.29, 0.717) is 0 Å². The van der Waals surface area contributed by atoms with Crippen LogP contribution in [0.1, 0.15) is 32.8 Å². The normalized spacial score (nSPS) is 11.2. The average molecular weight is 315 g/mol. The van der Waals surface area contributed by atoms with Gasteiger partial charge >= 0.3 is 0 Å². The van der Waals surface area contributed by atoms with E-state index >= 15 is 0 Å². The summed E-state index contributed by atoms with van der Waals surface area (Å²) in [5, 5.41) is 4.28. The zero-order valence-corrected chi connectivity index (χ0v) is 14.5. The van der Waals surface area contributed by atoms with Crippen molar-refractivity contribution in [1.82, 2.24) is 10.2 Å². The highest BCUT2D eigenvalue weighted by Crippen LogP contribution is 2.25. The van der Waals surface area contributed by atoms with E-state index in [1.165, 1.54) is 10.5 Å². The molecule has 20 heavy (non-hydrogen) atoms. The molecule has 0 aliphatic carbocycles. The zero-order valence-electron chi connectivity index (χ0n) is 12.9. The van der Waals surface area contributed by atoms with E-state index in [1.807, 2.05) is 17.8 Å². The topological polar surface area (TPSA) is 15.3 Å². The summed E-state index contributed by atoms with van der Waals surface area (Å²) in [6, 6.07) is 6.23. The van der Waals surface area contributed by atoms with Gasteiger partial charge in [0, 0.05) is 28.8 Å². The molecule has 0 spiro atoms. The number of benzene rings is 1. The van der Waals surface area contributed by atoms with Crippen LogP contribution in [0.25, 0.3) is 0 Å². The Hall–Kier alpha value is -0.220. The molecule has 1 aromatic rings. The molecule has 1 N–H and O–H groups in total. The zero-order chi connectivity index (χ0) is 14.8. The van der Waals surface area contributed by atoms with Crippen molar-refractivity contribution in [2.75, 3.05) is 31.9 Å². The fourth-order valence-electron chi connectivity index (χ4n) is 2.05. The Labute approximate surface area is 133 Å². The first-order chi connectivity index (χ1) is 9.71. The van der Waals surface area contributed by atoms with Crippen LogP contribution in [-0.4, -0.2) is 36.8 Å². The molecule has 1 aromatic carbocycles. The van der Waals surface area contributed by atoms with Gasteiger partial charge in [-0.2, -0.15) is 0 Å². The van der Waals surface area contributed by atoms with Crippen molar-refractivity contribution in [1.29, 1.82) is 0 Å². The summed E-state index contributed by atoms with van der Waals surface area (Å²) in [5.41, 5.74) is 1.32. The summed E-state index contributed by atoms with van der Waals surface area (Å²) in [7, 11) is 0. The fourth-order valence-corrected chi connectivity index (χ4v) is 3.30. The number of halogens is 1. The van der Waals surface area contributed by atoms with Crippen LogP contribution in [0, 0.1) is 0 Å². The van der Waals surface area contributed by atoms with Crippen LogP contribution < -0.4 is 5.32 Å². The predicted molar refractivity (Wildman–Crippen MR) is 92.0 cm³/mol. The maximum atomic E-state index is 6.11. The van der Waals surface area contributed by atoms with Gasteiger partial charge in [0.25, 0.3) is 0 Å². The standard InChI is InChI=1S/C16H27ClN2S/c1-4-9-18-13-14-12-15(17)7-8-16(14)20-11-10-19(5-2)6-3/h7-8,12,18H,4-6,9-11,13H2,1-3H3. The van der Waals surface area contributed by atoms with Crippen LogP contribution in [0.2, 0.25) is 5.02 Å². The van der Waals surface area contributed by atoms with Crippen molar-refractivity contribution in [2.24, 2.45) is 0 Å². The lowest BCUT2D eigenvalue weighted by molar-refractivity contribution is 0.324. The molecule has 0 saturated heterocycles. The number of nitrogens with one attached hydrogen (secondary N) is 1. The maximum Gasteiger partial charge on any atom is 0.0410 e. The van der Waals surface area contributed by atoms with E-state index in [-0.39, 0.29) is 0 Å². The molecule has 0 aliphatic rings. The van der Waals surface area contributed by atoms with Crippen molar-refractivity contribution >= 4 is 23.4 Å². The highest BCUT2D eigenvalue weighted by molar-refractivity contribution is 7.99. The molecule has 0 fully saturated rings. The van der Waals surface area contributed by atoms with Crippen LogP contribution in [0.4, 0.5) is 0 Å². The van der Waals surface area contributed by atoms with Crippen LogP contribution >= 0.6 is 23.4 Å². The molecule has 0 saturated carbocycles. The van der Waals surface area contributed by atoms with Gasteiger partial charge in [-0.15, -0.1) is 11.8 Å². The summed E-state index contributed by atoms with van der Waals surface area (Å²) in [4.78, 5) is 3.81. The van der Waals surface area contributed by atoms with E-state index < -0.39 is 0 Å². The summed E-state index contributed by atoms with van der Waals surface area (Å²) in [6.45, 7) is 12.0. The van der Waals surface area contributed by atoms with Crippen LogP contribution in [-0.2, 0) is 6.54 Å². The number of nitrogens with zero attached hydrogens (tertiary/aromatic N) is 1. The van der Waals surface area contributed by atoms with E-state index in [4.69, 9.17) is 11.6 Å². The second-order valence-corrected chi connectivity index (χ2v) is 6.38. The lowest BCUT2D eigenvalue weighted by atomic mass is 10.2. The first kappa shape index (κ1) is 17.8. The summed E-state index contributed by atoms with van der Waals surface area (Å²) in [6.07, 6.45) is 1.16. The van der Waals surface area contributed by atoms with E-state index in [2.05, 4.69) is 43.1 Å². The van der Waals surface area contributed by atoms with Crippen molar-refractivity contribution < 1.29 is 0 Å². The molecule has 0 atom stereocenters. The Balaban J connectivity index is 2.54. The Morgan fingerprint density at radius 2 is 1.95 bits per heavy atom. The average Bonchev–Trinajstić information content (AvgIpc) is 2.46. The predicted octanol–water partition coefficient (Wildman–Crippen LogP) is 4.27. The minimum Gasteiger partial charge on any atom is -0.313 e. The first-order valence-electron chi connectivity index (χ1n) is 7.55. The monoisotopic (exact) mass is 314 g/mol. The van der Waals surface area contributed by atoms with Gasteiger partial charge in [-0.25, -0.2) is 0 Å². The second-order valence-electron chi connectivity index (χ2n) is 4.80. The van der Waals surface area contributed by atoms with E-state index in [0.717, 1.165) is 49.9 Å². The van der Waals surface area contributed by atoms with Gasteiger partial charge in [-0.1, -0.05) is 32.4 Å². The lowest BCUT2D eigenvalue weighted by Gasteiger charge is -2.18. The molecule has 1 rings (SSSR count). The largest absolute Gasteiger partial charge is 0.313 e. The van der Waals surface area contributed by atoms with Crippen LogP contribution in [0.15, 0.2) is 23.1 Å². The molecule has 0 aromatic heterocycles. The van der Waals surface area contributed by atoms with Crippen molar-refractivity contribution in [3.8, 4) is 0 Å². The van der Waals surface area contributed by atoms with Gasteiger partial charge in [-0.05, 0) is 49.8 Å². The highest BCUT2D eigenvalue weighted by Gasteiger charge is 2.05. The molecule has 4 heteroatoms. The summed E-state index contributed by atoms with van der Waals surface area (Å²) < 4.78 is 0. The third-order valence-corrected chi connectivity index (χ3v) is 4.66. The highest BCUT2D eigenvalue weighted by atomic mass is 35.5. The quantitative estimate of drug-likeness (QED) is 0.513. The Morgan fingerprint density at radius 3 is 2.60 bits per heavy atom. The SMILES string of the molecule is CCCNCc1cc(Cl)ccc1SCCN(CC)CC. The summed E-state index contributed by atoms with van der Waals surface area (Å²) in [5.74, 6) is 1.13. The molecule has 114 valence electrons. The fraction of sp³-hybridized carbons (Fsp3) is 0.625. The van der Waals surface area contributed by atoms with Gasteiger partial charge in [0.15, 0.2) is 0 Å². The van der Waals surface area contributed by atoms with Gasteiger partial charge in [0.1, 0.15) is 0 Å².